The summed E-state index contributed by atoms with van der Waals surface area (Å²) >= 11 is 5.79. The number of rotatable bonds is 7. The maximum atomic E-state index is 12.0. The van der Waals surface area contributed by atoms with Crippen LogP contribution in [0.4, 0.5) is 0 Å². The van der Waals surface area contributed by atoms with Crippen LogP contribution in [0, 0.1) is 11.8 Å². The van der Waals surface area contributed by atoms with E-state index in [1.807, 2.05) is 0 Å². The summed E-state index contributed by atoms with van der Waals surface area (Å²) in [7, 11) is 0. The topological polar surface area (TPSA) is 70.2 Å². The largest absolute Gasteiger partial charge is 0.354 e. The van der Waals surface area contributed by atoms with Crippen molar-refractivity contribution < 1.29 is 9.59 Å². The highest BCUT2D eigenvalue weighted by molar-refractivity contribution is 6.30. The van der Waals surface area contributed by atoms with Crippen LogP contribution in [0.2, 0.25) is 5.02 Å². The minimum absolute atomic E-state index is 0.0498. The van der Waals surface area contributed by atoms with Gasteiger partial charge in [-0.1, -0.05) is 18.5 Å². The Hall–Kier alpha value is -1.59. The van der Waals surface area contributed by atoms with Crippen molar-refractivity contribution in [3.8, 4) is 0 Å². The third kappa shape index (κ3) is 6.13. The zero-order valence-corrected chi connectivity index (χ0v) is 14.9. The normalized spacial score (nSPS) is 18.7. The second-order valence-corrected chi connectivity index (χ2v) is 6.84. The number of amides is 2. The smallest absolute Gasteiger partial charge is 0.251 e. The quantitative estimate of drug-likeness (QED) is 0.660. The Bertz CT molecular complexity index is 542. The number of piperidine rings is 1. The fourth-order valence-electron chi connectivity index (χ4n) is 2.98. The first kappa shape index (κ1) is 18.7. The summed E-state index contributed by atoms with van der Waals surface area (Å²) in [5, 5.41) is 9.64. The lowest BCUT2D eigenvalue weighted by Crippen LogP contribution is -2.37. The van der Waals surface area contributed by atoms with Crippen molar-refractivity contribution in [2.45, 2.75) is 26.2 Å². The van der Waals surface area contributed by atoms with Gasteiger partial charge in [0.05, 0.1) is 0 Å². The molecule has 0 spiro atoms. The Balaban J connectivity index is 1.61. The van der Waals surface area contributed by atoms with Crippen LogP contribution in [-0.4, -0.2) is 38.0 Å². The molecule has 1 saturated heterocycles. The molecule has 0 saturated carbocycles. The maximum Gasteiger partial charge on any atom is 0.251 e. The lowest BCUT2D eigenvalue weighted by Gasteiger charge is -2.28. The monoisotopic (exact) mass is 351 g/mol. The number of nitrogens with one attached hydrogen (secondary N) is 3. The van der Waals surface area contributed by atoms with Crippen LogP contribution >= 0.6 is 11.6 Å². The Morgan fingerprint density at radius 2 is 1.96 bits per heavy atom. The van der Waals surface area contributed by atoms with Gasteiger partial charge in [-0.2, -0.15) is 0 Å². The molecule has 1 aliphatic rings. The maximum absolute atomic E-state index is 12.0. The second kappa shape index (κ2) is 9.64. The van der Waals surface area contributed by atoms with Crippen molar-refractivity contribution in [2.24, 2.45) is 11.8 Å². The van der Waals surface area contributed by atoms with Crippen LogP contribution < -0.4 is 16.0 Å². The van der Waals surface area contributed by atoms with Gasteiger partial charge in [-0.05, 0) is 62.0 Å². The number of hydrogen-bond acceptors (Lipinski definition) is 3. The van der Waals surface area contributed by atoms with Gasteiger partial charge in [0.15, 0.2) is 0 Å². The number of hydrogen-bond donors (Lipinski definition) is 3. The molecule has 5 nitrogen and oxygen atoms in total. The molecule has 0 radical (unpaired) electrons. The van der Waals surface area contributed by atoms with Crippen molar-refractivity contribution in [1.82, 2.24) is 16.0 Å². The van der Waals surface area contributed by atoms with E-state index in [4.69, 9.17) is 11.6 Å². The molecule has 0 aliphatic carbocycles. The highest BCUT2D eigenvalue weighted by Gasteiger charge is 2.21. The lowest BCUT2D eigenvalue weighted by atomic mass is 9.85. The van der Waals surface area contributed by atoms with E-state index >= 15 is 0 Å². The van der Waals surface area contributed by atoms with Gasteiger partial charge >= 0.3 is 0 Å². The van der Waals surface area contributed by atoms with Crippen LogP contribution in [0.5, 0.6) is 0 Å². The summed E-state index contributed by atoms with van der Waals surface area (Å²) in [5.41, 5.74) is 0.559. The molecular weight excluding hydrogens is 326 g/mol. The SMILES string of the molecule is CC(CC(=O)NCCNC(=O)c1ccc(Cl)cc1)C1CCCNC1. The van der Waals surface area contributed by atoms with E-state index in [0.29, 0.717) is 41.9 Å². The average molecular weight is 352 g/mol. The van der Waals surface area contributed by atoms with Crippen molar-refractivity contribution in [2.75, 3.05) is 26.2 Å². The van der Waals surface area contributed by atoms with Crippen molar-refractivity contribution in [3.63, 3.8) is 0 Å². The highest BCUT2D eigenvalue weighted by atomic mass is 35.5. The molecule has 2 atom stereocenters. The van der Waals surface area contributed by atoms with Crippen LogP contribution in [-0.2, 0) is 4.79 Å². The molecule has 6 heteroatoms. The Labute approximate surface area is 148 Å². The summed E-state index contributed by atoms with van der Waals surface area (Å²) in [6, 6.07) is 6.71. The van der Waals surface area contributed by atoms with E-state index in [-0.39, 0.29) is 11.8 Å². The van der Waals surface area contributed by atoms with Crippen molar-refractivity contribution in [3.05, 3.63) is 34.9 Å². The minimum atomic E-state index is -0.164. The second-order valence-electron chi connectivity index (χ2n) is 6.40. The summed E-state index contributed by atoms with van der Waals surface area (Å²) in [6.07, 6.45) is 2.92. The van der Waals surface area contributed by atoms with Gasteiger partial charge in [-0.3, -0.25) is 9.59 Å². The van der Waals surface area contributed by atoms with Crippen LogP contribution in [0.3, 0.4) is 0 Å². The van der Waals surface area contributed by atoms with E-state index in [1.165, 1.54) is 12.8 Å². The molecule has 1 fully saturated rings. The molecule has 1 heterocycles. The van der Waals surface area contributed by atoms with Gasteiger partial charge in [0, 0.05) is 30.1 Å². The molecule has 1 aliphatic heterocycles. The number of carbonyl (C=O) groups excluding carboxylic acids is 2. The predicted octanol–water partition coefficient (Wildman–Crippen LogP) is 2.21. The lowest BCUT2D eigenvalue weighted by molar-refractivity contribution is -0.122. The standard InChI is InChI=1S/C18H26ClN3O2/c1-13(15-3-2-8-20-12-15)11-17(23)21-9-10-22-18(24)14-4-6-16(19)7-5-14/h4-7,13,15,20H,2-3,8-12H2,1H3,(H,21,23)(H,22,24). The van der Waals surface area contributed by atoms with Gasteiger partial charge < -0.3 is 16.0 Å². The van der Waals surface area contributed by atoms with Crippen molar-refractivity contribution in [1.29, 1.82) is 0 Å². The molecule has 132 valence electrons. The predicted molar refractivity (Wildman–Crippen MR) is 96.2 cm³/mol. The molecule has 0 bridgehead atoms. The number of halogens is 1. The molecule has 2 amide bonds. The van der Waals surface area contributed by atoms with Crippen molar-refractivity contribution >= 4 is 23.4 Å². The van der Waals surface area contributed by atoms with Gasteiger partial charge in [0.25, 0.3) is 5.91 Å². The molecule has 0 aromatic heterocycles. The van der Waals surface area contributed by atoms with E-state index in [2.05, 4.69) is 22.9 Å². The first-order valence-electron chi connectivity index (χ1n) is 8.57. The summed E-state index contributed by atoms with van der Waals surface area (Å²) in [6.45, 7) is 5.08. The Morgan fingerprint density at radius 3 is 2.62 bits per heavy atom. The molecule has 1 aromatic carbocycles. The first-order valence-corrected chi connectivity index (χ1v) is 8.95. The van der Waals surface area contributed by atoms with Gasteiger partial charge in [-0.15, -0.1) is 0 Å². The summed E-state index contributed by atoms with van der Waals surface area (Å²) in [5.74, 6) is 0.840. The van der Waals surface area contributed by atoms with E-state index in [0.717, 1.165) is 13.1 Å². The first-order chi connectivity index (χ1) is 11.6. The van der Waals surface area contributed by atoms with E-state index in [9.17, 15) is 9.59 Å². The van der Waals surface area contributed by atoms with Crippen LogP contribution in [0.1, 0.15) is 36.5 Å². The fourth-order valence-corrected chi connectivity index (χ4v) is 3.10. The zero-order chi connectivity index (χ0) is 17.4. The van der Waals surface area contributed by atoms with Gasteiger partial charge in [0.1, 0.15) is 0 Å². The zero-order valence-electron chi connectivity index (χ0n) is 14.1. The van der Waals surface area contributed by atoms with E-state index < -0.39 is 0 Å². The molecule has 24 heavy (non-hydrogen) atoms. The van der Waals surface area contributed by atoms with Crippen LogP contribution in [0.25, 0.3) is 0 Å². The third-order valence-corrected chi connectivity index (χ3v) is 4.74. The average Bonchev–Trinajstić information content (AvgIpc) is 2.60. The molecule has 3 N–H and O–H groups in total. The summed E-state index contributed by atoms with van der Waals surface area (Å²) in [4.78, 5) is 23.9. The van der Waals surface area contributed by atoms with Gasteiger partial charge in [0.2, 0.25) is 5.91 Å². The number of carbonyl (C=O) groups is 2. The van der Waals surface area contributed by atoms with Gasteiger partial charge in [-0.25, -0.2) is 0 Å². The number of benzene rings is 1. The molecule has 1 aromatic rings. The van der Waals surface area contributed by atoms with E-state index in [1.54, 1.807) is 24.3 Å². The highest BCUT2D eigenvalue weighted by Crippen LogP contribution is 2.22. The van der Waals surface area contributed by atoms with Crippen LogP contribution in [0.15, 0.2) is 24.3 Å². The minimum Gasteiger partial charge on any atom is -0.354 e. The molecular formula is C18H26ClN3O2. The summed E-state index contributed by atoms with van der Waals surface area (Å²) < 4.78 is 0. The molecule has 2 rings (SSSR count). The Morgan fingerprint density at radius 1 is 1.25 bits per heavy atom. The Kier molecular flexibility index (Phi) is 7.53. The molecule has 2 unspecified atom stereocenters. The third-order valence-electron chi connectivity index (χ3n) is 4.49. The fraction of sp³-hybridized carbons (Fsp3) is 0.556.